The molecule has 0 fully saturated rings. The second-order valence-corrected chi connectivity index (χ2v) is 11.4. The molecule has 0 saturated carbocycles. The predicted molar refractivity (Wildman–Crippen MR) is 159 cm³/mol. The number of ether oxygens (including phenoxy) is 3. The first kappa shape index (κ1) is 27.4. The number of hydrogen-bond donors (Lipinski definition) is 0. The summed E-state index contributed by atoms with van der Waals surface area (Å²) in [7, 11) is 3.17. The predicted octanol–water partition coefficient (Wildman–Crippen LogP) is 5.49. The molecule has 1 aliphatic heterocycles. The monoisotopic (exact) mass is 670 g/mol. The van der Waals surface area contributed by atoms with Crippen LogP contribution < -0.4 is 24.4 Å². The fourth-order valence-electron chi connectivity index (χ4n) is 4.81. The Balaban J connectivity index is 1.83. The quantitative estimate of drug-likeness (QED) is 0.253. The smallest absolute Gasteiger partial charge is 0.338 e. The van der Waals surface area contributed by atoms with Crippen LogP contribution in [0, 0.1) is 0 Å². The lowest BCUT2D eigenvalue weighted by molar-refractivity contribution is -0.139. The molecule has 0 amide bonds. The molecule has 1 atom stereocenters. The number of thiazole rings is 1. The first-order valence-corrected chi connectivity index (χ1v) is 14.5. The molecule has 5 rings (SSSR count). The number of allylic oxidation sites excluding steroid dienone is 1. The van der Waals surface area contributed by atoms with Gasteiger partial charge in [-0.15, -0.1) is 0 Å². The maximum Gasteiger partial charge on any atom is 0.338 e. The van der Waals surface area contributed by atoms with Crippen LogP contribution in [0.4, 0.5) is 0 Å². The topological polar surface area (TPSA) is 79.1 Å². The minimum absolute atomic E-state index is 0.195. The largest absolute Gasteiger partial charge is 0.496 e. The standard InChI is InChI=1S/C29H24Br2N2O5S/c1-5-38-28(35)23-15(2)32-29-33(25(23)24-18-9-7-6-8-17(18)10-11-21(24)36-3)27(34)22(39-29)14-16-12-19(30)26(37-4)20(31)13-16/h6-14,25H,5H2,1-4H3/b22-14-/t25-/m1/s1. The van der Waals surface area contributed by atoms with E-state index in [0.29, 0.717) is 37.7 Å². The van der Waals surface area contributed by atoms with Crippen LogP contribution in [-0.4, -0.2) is 31.4 Å². The number of aromatic nitrogens is 1. The number of rotatable bonds is 6. The Kier molecular flexibility index (Phi) is 7.80. The van der Waals surface area contributed by atoms with Crippen molar-refractivity contribution >= 4 is 66.0 Å². The number of fused-ring (bicyclic) bond motifs is 2. The zero-order valence-electron chi connectivity index (χ0n) is 21.6. The number of esters is 1. The fraction of sp³-hybridized carbons (Fsp3) is 0.207. The van der Waals surface area contributed by atoms with Crippen LogP contribution in [0.25, 0.3) is 16.8 Å². The van der Waals surface area contributed by atoms with Crippen LogP contribution in [0.15, 0.2) is 78.5 Å². The summed E-state index contributed by atoms with van der Waals surface area (Å²) in [6.07, 6.45) is 1.81. The van der Waals surface area contributed by atoms with Crippen molar-refractivity contribution in [1.29, 1.82) is 0 Å². The van der Waals surface area contributed by atoms with E-state index in [9.17, 15) is 9.59 Å². The van der Waals surface area contributed by atoms with Crippen LogP contribution in [0.3, 0.4) is 0 Å². The summed E-state index contributed by atoms with van der Waals surface area (Å²) in [5.41, 5.74) is 2.03. The van der Waals surface area contributed by atoms with Crippen molar-refractivity contribution in [2.45, 2.75) is 19.9 Å². The lowest BCUT2D eigenvalue weighted by Crippen LogP contribution is -2.40. The molecule has 0 saturated heterocycles. The summed E-state index contributed by atoms with van der Waals surface area (Å²) in [5, 5.41) is 1.83. The highest BCUT2D eigenvalue weighted by molar-refractivity contribution is 9.11. The third-order valence-corrected chi connectivity index (χ3v) is 8.62. The molecule has 0 unspecified atom stereocenters. The summed E-state index contributed by atoms with van der Waals surface area (Å²) in [4.78, 5) is 32.6. The van der Waals surface area contributed by atoms with E-state index >= 15 is 0 Å². The summed E-state index contributed by atoms with van der Waals surface area (Å²) in [6, 6.07) is 14.6. The first-order chi connectivity index (χ1) is 18.8. The van der Waals surface area contributed by atoms with Gasteiger partial charge in [-0.3, -0.25) is 9.36 Å². The lowest BCUT2D eigenvalue weighted by atomic mass is 9.90. The van der Waals surface area contributed by atoms with E-state index in [2.05, 4.69) is 36.9 Å². The Hall–Kier alpha value is -3.21. The number of nitrogens with zero attached hydrogens (tertiary/aromatic N) is 2. The van der Waals surface area contributed by atoms with E-state index in [4.69, 9.17) is 14.2 Å². The van der Waals surface area contributed by atoms with Crippen molar-refractivity contribution in [2.75, 3.05) is 20.8 Å². The van der Waals surface area contributed by atoms with Gasteiger partial charge in [-0.25, -0.2) is 9.79 Å². The normalized spacial score (nSPS) is 15.2. The molecular weight excluding hydrogens is 648 g/mol. The Bertz CT molecular complexity index is 1820. The van der Waals surface area contributed by atoms with Crippen LogP contribution in [0.1, 0.15) is 31.0 Å². The molecule has 4 aromatic rings. The third-order valence-electron chi connectivity index (χ3n) is 6.46. The number of halogens is 2. The van der Waals surface area contributed by atoms with Crippen LogP contribution in [0.5, 0.6) is 11.5 Å². The van der Waals surface area contributed by atoms with Crippen molar-refractivity contribution in [3.8, 4) is 11.5 Å². The Labute approximate surface area is 245 Å². The second-order valence-electron chi connectivity index (χ2n) is 8.72. The minimum atomic E-state index is -0.794. The van der Waals surface area contributed by atoms with Gasteiger partial charge in [0.15, 0.2) is 4.80 Å². The SMILES string of the molecule is CCOC(=O)C1=C(C)N=c2s/c(=C\c3cc(Br)c(OC)c(Br)c3)c(=O)n2[C@H]1c1c(OC)ccc2ccccc12. The summed E-state index contributed by atoms with van der Waals surface area (Å²) in [5.74, 6) is 0.704. The molecule has 7 nitrogen and oxygen atoms in total. The molecule has 39 heavy (non-hydrogen) atoms. The van der Waals surface area contributed by atoms with Crippen molar-refractivity contribution < 1.29 is 19.0 Å². The van der Waals surface area contributed by atoms with E-state index in [1.54, 1.807) is 38.7 Å². The maximum atomic E-state index is 14.1. The number of benzene rings is 3. The van der Waals surface area contributed by atoms with E-state index in [0.717, 1.165) is 25.3 Å². The molecule has 3 aromatic carbocycles. The second kappa shape index (κ2) is 11.1. The zero-order chi connectivity index (χ0) is 27.8. The summed E-state index contributed by atoms with van der Waals surface area (Å²) < 4.78 is 20.2. The Morgan fingerprint density at radius 3 is 2.49 bits per heavy atom. The molecule has 1 aromatic heterocycles. The van der Waals surface area contributed by atoms with Gasteiger partial charge in [-0.1, -0.05) is 41.7 Å². The van der Waals surface area contributed by atoms with Crippen molar-refractivity contribution in [3.05, 3.63) is 99.6 Å². The highest BCUT2D eigenvalue weighted by atomic mass is 79.9. The highest BCUT2D eigenvalue weighted by Gasteiger charge is 2.36. The molecule has 200 valence electrons. The average molecular weight is 672 g/mol. The van der Waals surface area contributed by atoms with Crippen LogP contribution in [-0.2, 0) is 9.53 Å². The number of methoxy groups -OCH3 is 2. The Morgan fingerprint density at radius 2 is 1.82 bits per heavy atom. The van der Waals surface area contributed by atoms with E-state index < -0.39 is 12.0 Å². The molecule has 2 heterocycles. The van der Waals surface area contributed by atoms with E-state index in [-0.39, 0.29) is 12.2 Å². The summed E-state index contributed by atoms with van der Waals surface area (Å²) >= 11 is 8.32. The molecule has 0 aliphatic carbocycles. The van der Waals surface area contributed by atoms with E-state index in [1.165, 1.54) is 11.3 Å². The minimum Gasteiger partial charge on any atom is -0.496 e. The van der Waals surface area contributed by atoms with Gasteiger partial charge < -0.3 is 14.2 Å². The average Bonchev–Trinajstić information content (AvgIpc) is 3.21. The van der Waals surface area contributed by atoms with Gasteiger partial charge in [0.1, 0.15) is 17.5 Å². The van der Waals surface area contributed by atoms with Gasteiger partial charge in [0, 0.05) is 5.56 Å². The number of carbonyl (C=O) groups excluding carboxylic acids is 1. The maximum absolute atomic E-state index is 14.1. The molecule has 0 bridgehead atoms. The third kappa shape index (κ3) is 4.85. The molecule has 10 heteroatoms. The van der Waals surface area contributed by atoms with Gasteiger partial charge in [0.2, 0.25) is 0 Å². The highest BCUT2D eigenvalue weighted by Crippen LogP contribution is 2.40. The molecule has 1 aliphatic rings. The van der Waals surface area contributed by atoms with Gasteiger partial charge in [-0.05, 0) is 86.3 Å². The number of carbonyl (C=O) groups is 1. The first-order valence-electron chi connectivity index (χ1n) is 12.1. The Morgan fingerprint density at radius 1 is 1.10 bits per heavy atom. The molecular formula is C29H24Br2N2O5S. The molecule has 0 spiro atoms. The molecule has 0 radical (unpaired) electrons. The molecule has 0 N–H and O–H groups in total. The van der Waals surface area contributed by atoms with Gasteiger partial charge in [-0.2, -0.15) is 0 Å². The fourth-order valence-corrected chi connectivity index (χ4v) is 7.40. The number of hydrogen-bond acceptors (Lipinski definition) is 7. The summed E-state index contributed by atoms with van der Waals surface area (Å²) in [6.45, 7) is 3.72. The van der Waals surface area contributed by atoms with E-state index in [1.807, 2.05) is 48.5 Å². The zero-order valence-corrected chi connectivity index (χ0v) is 25.6. The van der Waals surface area contributed by atoms with Gasteiger partial charge in [0.05, 0.1) is 45.6 Å². The van der Waals surface area contributed by atoms with Crippen molar-refractivity contribution in [2.24, 2.45) is 4.99 Å². The van der Waals surface area contributed by atoms with Crippen molar-refractivity contribution in [1.82, 2.24) is 4.57 Å². The van der Waals surface area contributed by atoms with Gasteiger partial charge >= 0.3 is 5.97 Å². The van der Waals surface area contributed by atoms with Crippen LogP contribution >= 0.6 is 43.2 Å². The van der Waals surface area contributed by atoms with Gasteiger partial charge in [0.25, 0.3) is 5.56 Å². The van der Waals surface area contributed by atoms with Crippen molar-refractivity contribution in [3.63, 3.8) is 0 Å². The van der Waals surface area contributed by atoms with Crippen LogP contribution in [0.2, 0.25) is 0 Å². The lowest BCUT2D eigenvalue weighted by Gasteiger charge is -2.27.